The average Bonchev–Trinajstić information content (AvgIpc) is 2.74. The Kier molecular flexibility index (Phi) is 7.28. The largest absolute Gasteiger partial charge is 0.445 e. The zero-order chi connectivity index (χ0) is 19.8. The molecule has 0 radical (unpaired) electrons. The second-order valence-corrected chi connectivity index (χ2v) is 7.09. The molecule has 0 saturated carbocycles. The Morgan fingerprint density at radius 3 is 2.43 bits per heavy atom. The number of morpholine rings is 1. The van der Waals surface area contributed by atoms with Crippen LogP contribution in [0.15, 0.2) is 54.6 Å². The van der Waals surface area contributed by atoms with Gasteiger partial charge in [-0.2, -0.15) is 0 Å². The smallest absolute Gasteiger partial charge is 0.407 e. The van der Waals surface area contributed by atoms with Gasteiger partial charge in [0, 0.05) is 39.4 Å². The number of ether oxygens (including phenoxy) is 2. The predicted molar refractivity (Wildman–Crippen MR) is 111 cm³/mol. The summed E-state index contributed by atoms with van der Waals surface area (Å²) in [5.74, 6) is 0. The van der Waals surface area contributed by atoms with Gasteiger partial charge in [-0.25, -0.2) is 4.79 Å². The molecule has 6 heteroatoms. The van der Waals surface area contributed by atoms with Crippen molar-refractivity contribution in [2.45, 2.75) is 12.6 Å². The molecule has 1 saturated heterocycles. The van der Waals surface area contributed by atoms with Crippen molar-refractivity contribution in [3.05, 3.63) is 65.7 Å². The summed E-state index contributed by atoms with van der Waals surface area (Å²) < 4.78 is 10.8. The van der Waals surface area contributed by atoms with E-state index in [1.165, 1.54) is 5.56 Å². The summed E-state index contributed by atoms with van der Waals surface area (Å²) in [6.07, 6.45) is -0.396. The maximum atomic E-state index is 12.2. The molecule has 0 bridgehead atoms. The van der Waals surface area contributed by atoms with Crippen LogP contribution in [0.5, 0.6) is 0 Å². The molecule has 0 aliphatic carbocycles. The summed E-state index contributed by atoms with van der Waals surface area (Å²) in [7, 11) is 4.05. The molecular weight excluding hydrogens is 354 g/mol. The maximum absolute atomic E-state index is 12.2. The van der Waals surface area contributed by atoms with Gasteiger partial charge in [0.05, 0.1) is 19.3 Å². The van der Waals surface area contributed by atoms with E-state index in [0.29, 0.717) is 19.8 Å². The van der Waals surface area contributed by atoms with E-state index in [4.69, 9.17) is 9.47 Å². The average molecular weight is 383 g/mol. The minimum absolute atomic E-state index is 0.0874. The third-order valence-electron chi connectivity index (χ3n) is 4.93. The standard InChI is InChI=1S/C22H29N3O3/c1-24(2)20-10-8-19(9-11-20)21(25-12-14-27-15-13-25)16-23-22(26)28-17-18-6-4-3-5-7-18/h3-11,21H,12-17H2,1-2H3,(H,23,26)/t21-/m1/s1. The van der Waals surface area contributed by atoms with Crippen LogP contribution in [-0.2, 0) is 16.1 Å². The normalized spacial score (nSPS) is 15.6. The molecule has 6 nitrogen and oxygen atoms in total. The fourth-order valence-electron chi connectivity index (χ4n) is 3.30. The molecule has 1 amide bonds. The van der Waals surface area contributed by atoms with Gasteiger partial charge in [-0.05, 0) is 23.3 Å². The Morgan fingerprint density at radius 2 is 1.79 bits per heavy atom. The van der Waals surface area contributed by atoms with Crippen LogP contribution in [0.4, 0.5) is 10.5 Å². The lowest BCUT2D eigenvalue weighted by Gasteiger charge is -2.35. The molecule has 1 heterocycles. The van der Waals surface area contributed by atoms with E-state index >= 15 is 0 Å². The van der Waals surface area contributed by atoms with Crippen molar-refractivity contribution in [2.24, 2.45) is 0 Å². The Labute approximate surface area is 167 Å². The van der Waals surface area contributed by atoms with Gasteiger partial charge in [-0.3, -0.25) is 4.90 Å². The monoisotopic (exact) mass is 383 g/mol. The van der Waals surface area contributed by atoms with Crippen LogP contribution < -0.4 is 10.2 Å². The van der Waals surface area contributed by atoms with Crippen LogP contribution in [0.2, 0.25) is 0 Å². The van der Waals surface area contributed by atoms with Crippen LogP contribution in [0.1, 0.15) is 17.2 Å². The van der Waals surface area contributed by atoms with Gasteiger partial charge in [-0.1, -0.05) is 42.5 Å². The summed E-state index contributed by atoms with van der Waals surface area (Å²) >= 11 is 0. The lowest BCUT2D eigenvalue weighted by Crippen LogP contribution is -2.43. The number of hydrogen-bond donors (Lipinski definition) is 1. The maximum Gasteiger partial charge on any atom is 0.407 e. The van der Waals surface area contributed by atoms with Crippen molar-refractivity contribution in [1.29, 1.82) is 0 Å². The number of benzene rings is 2. The van der Waals surface area contributed by atoms with Crippen molar-refractivity contribution in [3.63, 3.8) is 0 Å². The zero-order valence-electron chi connectivity index (χ0n) is 16.6. The Bertz CT molecular complexity index is 728. The van der Waals surface area contributed by atoms with Gasteiger partial charge in [0.2, 0.25) is 0 Å². The van der Waals surface area contributed by atoms with Crippen molar-refractivity contribution in [2.75, 3.05) is 51.8 Å². The van der Waals surface area contributed by atoms with E-state index in [0.717, 1.165) is 24.3 Å². The lowest BCUT2D eigenvalue weighted by molar-refractivity contribution is 0.0160. The summed E-state index contributed by atoms with van der Waals surface area (Å²) in [6, 6.07) is 18.3. The second-order valence-electron chi connectivity index (χ2n) is 7.09. The first-order valence-electron chi connectivity index (χ1n) is 9.67. The fraction of sp³-hybridized carbons (Fsp3) is 0.409. The van der Waals surface area contributed by atoms with Crippen molar-refractivity contribution in [3.8, 4) is 0 Å². The molecular formula is C22H29N3O3. The third-order valence-corrected chi connectivity index (χ3v) is 4.93. The van der Waals surface area contributed by atoms with Crippen LogP contribution in [-0.4, -0.2) is 57.9 Å². The number of anilines is 1. The quantitative estimate of drug-likeness (QED) is 0.796. The van der Waals surface area contributed by atoms with Gasteiger partial charge in [0.15, 0.2) is 0 Å². The van der Waals surface area contributed by atoms with E-state index in [1.54, 1.807) is 0 Å². The molecule has 1 aliphatic rings. The topological polar surface area (TPSA) is 54.0 Å². The summed E-state index contributed by atoms with van der Waals surface area (Å²) in [5.41, 5.74) is 3.30. The molecule has 1 fully saturated rings. The molecule has 0 spiro atoms. The highest BCUT2D eigenvalue weighted by atomic mass is 16.5. The highest BCUT2D eigenvalue weighted by Crippen LogP contribution is 2.23. The number of carbonyl (C=O) groups is 1. The van der Waals surface area contributed by atoms with E-state index in [9.17, 15) is 4.79 Å². The highest BCUT2D eigenvalue weighted by Gasteiger charge is 2.23. The number of carbonyl (C=O) groups excluding carboxylic acids is 1. The van der Waals surface area contributed by atoms with Crippen molar-refractivity contribution >= 4 is 11.8 Å². The zero-order valence-corrected chi connectivity index (χ0v) is 16.6. The highest BCUT2D eigenvalue weighted by molar-refractivity contribution is 5.67. The first-order chi connectivity index (χ1) is 13.6. The minimum Gasteiger partial charge on any atom is -0.445 e. The molecule has 1 N–H and O–H groups in total. The van der Waals surface area contributed by atoms with Crippen LogP contribution >= 0.6 is 0 Å². The van der Waals surface area contributed by atoms with E-state index in [-0.39, 0.29) is 12.6 Å². The van der Waals surface area contributed by atoms with Gasteiger partial charge < -0.3 is 19.7 Å². The number of nitrogens with one attached hydrogen (secondary N) is 1. The minimum atomic E-state index is -0.396. The molecule has 150 valence electrons. The molecule has 3 rings (SSSR count). The summed E-state index contributed by atoms with van der Waals surface area (Å²) in [4.78, 5) is 16.6. The van der Waals surface area contributed by atoms with Gasteiger partial charge in [0.1, 0.15) is 6.61 Å². The van der Waals surface area contributed by atoms with Gasteiger partial charge >= 0.3 is 6.09 Å². The second kappa shape index (κ2) is 10.1. The molecule has 28 heavy (non-hydrogen) atoms. The van der Waals surface area contributed by atoms with E-state index in [1.807, 2.05) is 44.4 Å². The van der Waals surface area contributed by atoms with E-state index < -0.39 is 6.09 Å². The molecule has 1 aliphatic heterocycles. The first kappa shape index (κ1) is 20.2. The van der Waals surface area contributed by atoms with Crippen LogP contribution in [0.25, 0.3) is 0 Å². The van der Waals surface area contributed by atoms with Crippen LogP contribution in [0.3, 0.4) is 0 Å². The third kappa shape index (κ3) is 5.71. The number of alkyl carbamates (subject to hydrolysis) is 1. The van der Waals surface area contributed by atoms with E-state index in [2.05, 4.69) is 39.4 Å². The van der Waals surface area contributed by atoms with Crippen molar-refractivity contribution in [1.82, 2.24) is 10.2 Å². The summed E-state index contributed by atoms with van der Waals surface area (Å²) in [5, 5.41) is 2.93. The molecule has 2 aromatic carbocycles. The fourth-order valence-corrected chi connectivity index (χ4v) is 3.30. The molecule has 0 unspecified atom stereocenters. The summed E-state index contributed by atoms with van der Waals surface area (Å²) in [6.45, 7) is 3.89. The SMILES string of the molecule is CN(C)c1ccc([C@@H](CNC(=O)OCc2ccccc2)N2CCOCC2)cc1. The predicted octanol–water partition coefficient (Wildman–Crippen LogP) is 3.05. The van der Waals surface area contributed by atoms with Gasteiger partial charge in [-0.15, -0.1) is 0 Å². The Morgan fingerprint density at radius 1 is 1.11 bits per heavy atom. The van der Waals surface area contributed by atoms with Crippen LogP contribution in [0, 0.1) is 0 Å². The Balaban J connectivity index is 1.61. The molecule has 1 atom stereocenters. The van der Waals surface area contributed by atoms with Gasteiger partial charge in [0.25, 0.3) is 0 Å². The number of hydrogen-bond acceptors (Lipinski definition) is 5. The number of amides is 1. The molecule has 2 aromatic rings. The first-order valence-corrected chi connectivity index (χ1v) is 9.67. The Hall–Kier alpha value is -2.57. The number of nitrogens with zero attached hydrogens (tertiary/aromatic N) is 2. The number of rotatable bonds is 7. The molecule has 0 aromatic heterocycles. The van der Waals surface area contributed by atoms with Crippen molar-refractivity contribution < 1.29 is 14.3 Å². The lowest BCUT2D eigenvalue weighted by atomic mass is 10.0.